The van der Waals surface area contributed by atoms with E-state index in [2.05, 4.69) is 38.8 Å². The van der Waals surface area contributed by atoms with E-state index in [-0.39, 0.29) is 17.4 Å². The van der Waals surface area contributed by atoms with Gasteiger partial charge in [-0.15, -0.1) is 0 Å². The van der Waals surface area contributed by atoms with E-state index < -0.39 is 0 Å². The molecule has 5 rings (SSSR count). The highest BCUT2D eigenvalue weighted by Crippen LogP contribution is 2.64. The Morgan fingerprint density at radius 3 is 2.82 bits per heavy atom. The molecule has 0 amide bonds. The van der Waals surface area contributed by atoms with E-state index in [0.29, 0.717) is 29.6 Å². The van der Waals surface area contributed by atoms with Crippen LogP contribution in [0.2, 0.25) is 0 Å². The molecule has 2 heterocycles. The van der Waals surface area contributed by atoms with Gasteiger partial charge in [-0.25, -0.2) is 0 Å². The summed E-state index contributed by atoms with van der Waals surface area (Å²) in [5.74, 6) is 3.78. The molecule has 2 fully saturated rings. The second-order valence-electron chi connectivity index (χ2n) is 10.1. The van der Waals surface area contributed by atoms with Crippen LogP contribution in [-0.4, -0.2) is 43.5 Å². The molecule has 2 aliphatic heterocycles. The number of hydrogen-bond acceptors (Lipinski definition) is 4. The first-order valence-corrected chi connectivity index (χ1v) is 11.0. The van der Waals surface area contributed by atoms with Gasteiger partial charge in [-0.1, -0.05) is 26.8 Å². The third-order valence-electron chi connectivity index (χ3n) is 8.59. The summed E-state index contributed by atoms with van der Waals surface area (Å²) in [5.41, 5.74) is 2.55. The standard InChI is InChI=1S/C24H33NO3/c1-13(2)14(3)10-16-11-17-18-12-15-6-7-19(27-5)22-20(15)24(17,8-9-25(18)4)23(28-22)21(16)26/h6-7,13-14,16-18,23H,8-12H2,1-5H3. The highest BCUT2D eigenvalue weighted by Gasteiger charge is 2.67. The average molecular weight is 384 g/mol. The van der Waals surface area contributed by atoms with E-state index in [9.17, 15) is 4.79 Å². The Kier molecular flexibility index (Phi) is 4.11. The Hall–Kier alpha value is -1.55. The van der Waals surface area contributed by atoms with Crippen molar-refractivity contribution in [2.24, 2.45) is 23.7 Å². The van der Waals surface area contributed by atoms with E-state index >= 15 is 0 Å². The molecular weight excluding hydrogens is 350 g/mol. The number of piperidine rings is 1. The minimum absolute atomic E-state index is 0.122. The lowest BCUT2D eigenvalue weighted by molar-refractivity contribution is -0.146. The monoisotopic (exact) mass is 383 g/mol. The summed E-state index contributed by atoms with van der Waals surface area (Å²) >= 11 is 0. The molecule has 6 unspecified atom stereocenters. The molecule has 1 aromatic carbocycles. The lowest BCUT2D eigenvalue weighted by Crippen LogP contribution is -2.67. The highest BCUT2D eigenvalue weighted by molar-refractivity contribution is 5.91. The van der Waals surface area contributed by atoms with Crippen molar-refractivity contribution < 1.29 is 14.3 Å². The summed E-state index contributed by atoms with van der Waals surface area (Å²) in [6, 6.07) is 4.75. The Labute approximate surface area is 168 Å². The number of carbonyl (C=O) groups is 1. The number of carbonyl (C=O) groups excluding carboxylic acids is 1. The summed E-state index contributed by atoms with van der Waals surface area (Å²) in [6.45, 7) is 7.86. The first-order chi connectivity index (χ1) is 13.4. The molecule has 1 aromatic rings. The third kappa shape index (κ3) is 2.24. The number of rotatable bonds is 4. The fourth-order valence-electron chi connectivity index (χ4n) is 6.69. The summed E-state index contributed by atoms with van der Waals surface area (Å²) in [4.78, 5) is 16.2. The molecule has 152 valence electrons. The molecule has 1 spiro atoms. The normalized spacial score (nSPS) is 36.9. The molecule has 4 nitrogen and oxygen atoms in total. The minimum Gasteiger partial charge on any atom is -0.493 e. The second kappa shape index (κ2) is 6.22. The smallest absolute Gasteiger partial charge is 0.177 e. The van der Waals surface area contributed by atoms with Gasteiger partial charge in [-0.2, -0.15) is 0 Å². The second-order valence-corrected chi connectivity index (χ2v) is 10.1. The van der Waals surface area contributed by atoms with Crippen molar-refractivity contribution in [2.75, 3.05) is 20.7 Å². The SMILES string of the molecule is COc1ccc2c3c1OC1C(=O)C(CC(C)C(C)C)CC4C(C2)N(C)CCC314. The molecule has 2 bridgehead atoms. The molecule has 0 aromatic heterocycles. The molecule has 6 atom stereocenters. The number of methoxy groups -OCH3 is 1. The number of benzene rings is 1. The summed E-state index contributed by atoms with van der Waals surface area (Å²) in [6.07, 6.45) is 3.75. The van der Waals surface area contributed by atoms with Crippen LogP contribution in [0.4, 0.5) is 0 Å². The van der Waals surface area contributed by atoms with Crippen LogP contribution in [0.15, 0.2) is 12.1 Å². The van der Waals surface area contributed by atoms with Crippen molar-refractivity contribution in [3.63, 3.8) is 0 Å². The zero-order valence-electron chi connectivity index (χ0n) is 17.8. The highest BCUT2D eigenvalue weighted by atomic mass is 16.5. The lowest BCUT2D eigenvalue weighted by atomic mass is 9.49. The Morgan fingerprint density at radius 1 is 1.32 bits per heavy atom. The van der Waals surface area contributed by atoms with Crippen molar-refractivity contribution in [3.05, 3.63) is 23.3 Å². The van der Waals surface area contributed by atoms with Crippen LogP contribution in [0.5, 0.6) is 11.5 Å². The Balaban J connectivity index is 1.63. The van der Waals surface area contributed by atoms with Crippen molar-refractivity contribution in [1.82, 2.24) is 4.90 Å². The van der Waals surface area contributed by atoms with Crippen LogP contribution in [0.25, 0.3) is 0 Å². The van der Waals surface area contributed by atoms with Crippen molar-refractivity contribution >= 4 is 5.78 Å². The molecule has 0 radical (unpaired) electrons. The molecule has 2 aliphatic carbocycles. The van der Waals surface area contributed by atoms with Gasteiger partial charge in [0.1, 0.15) is 0 Å². The van der Waals surface area contributed by atoms with Gasteiger partial charge >= 0.3 is 0 Å². The number of Topliss-reactive ketones (excluding diaryl/α,β-unsaturated/α-hetero) is 1. The van der Waals surface area contributed by atoms with E-state index in [1.54, 1.807) is 7.11 Å². The predicted octanol–water partition coefficient (Wildman–Crippen LogP) is 3.84. The van der Waals surface area contributed by atoms with E-state index in [1.165, 1.54) is 11.1 Å². The third-order valence-corrected chi connectivity index (χ3v) is 8.59. The van der Waals surface area contributed by atoms with Gasteiger partial charge in [0.2, 0.25) is 0 Å². The van der Waals surface area contributed by atoms with Crippen molar-refractivity contribution in [1.29, 1.82) is 0 Å². The Morgan fingerprint density at radius 2 is 2.11 bits per heavy atom. The first kappa shape index (κ1) is 18.5. The maximum Gasteiger partial charge on any atom is 0.177 e. The lowest BCUT2D eigenvalue weighted by Gasteiger charge is -2.58. The fraction of sp³-hybridized carbons (Fsp3) is 0.708. The quantitative estimate of drug-likeness (QED) is 0.792. The van der Waals surface area contributed by atoms with E-state index in [0.717, 1.165) is 43.7 Å². The summed E-state index contributed by atoms with van der Waals surface area (Å²) in [7, 11) is 3.97. The van der Waals surface area contributed by atoms with Crippen LogP contribution in [-0.2, 0) is 16.6 Å². The van der Waals surface area contributed by atoms with E-state index in [4.69, 9.17) is 9.47 Å². The van der Waals surface area contributed by atoms with Gasteiger partial charge in [-0.3, -0.25) is 4.79 Å². The number of hydrogen-bond donors (Lipinski definition) is 0. The zero-order chi connectivity index (χ0) is 19.8. The number of likely N-dealkylation sites (tertiary alicyclic amines) is 1. The van der Waals surface area contributed by atoms with Gasteiger partial charge in [0.05, 0.1) is 7.11 Å². The molecule has 1 saturated carbocycles. The largest absolute Gasteiger partial charge is 0.493 e. The summed E-state index contributed by atoms with van der Waals surface area (Å²) in [5, 5.41) is 0. The molecule has 1 saturated heterocycles. The first-order valence-electron chi connectivity index (χ1n) is 11.0. The number of likely N-dealkylation sites (N-methyl/N-ethyl adjacent to an activating group) is 1. The van der Waals surface area contributed by atoms with E-state index in [1.807, 2.05) is 6.07 Å². The van der Waals surface area contributed by atoms with Crippen molar-refractivity contribution in [2.45, 2.75) is 64.0 Å². The molecule has 28 heavy (non-hydrogen) atoms. The number of ether oxygens (including phenoxy) is 2. The van der Waals surface area contributed by atoms with Crippen molar-refractivity contribution in [3.8, 4) is 11.5 Å². The fourth-order valence-corrected chi connectivity index (χ4v) is 6.69. The van der Waals surface area contributed by atoms with Crippen LogP contribution in [0, 0.1) is 23.7 Å². The van der Waals surface area contributed by atoms with Crippen LogP contribution >= 0.6 is 0 Å². The maximum atomic E-state index is 13.7. The van der Waals surface area contributed by atoms with Gasteiger partial charge in [0, 0.05) is 22.9 Å². The van der Waals surface area contributed by atoms with Crippen LogP contribution in [0.1, 0.15) is 51.2 Å². The molecule has 4 aliphatic rings. The van der Waals surface area contributed by atoms with Gasteiger partial charge in [0.15, 0.2) is 23.4 Å². The molecule has 4 heteroatoms. The van der Waals surface area contributed by atoms with Gasteiger partial charge < -0.3 is 14.4 Å². The Bertz CT molecular complexity index is 818. The topological polar surface area (TPSA) is 38.8 Å². The van der Waals surface area contributed by atoms with Crippen LogP contribution in [0.3, 0.4) is 0 Å². The maximum absolute atomic E-state index is 13.7. The average Bonchev–Trinajstić information content (AvgIpc) is 3.02. The molecular formula is C24H33NO3. The zero-order valence-corrected chi connectivity index (χ0v) is 17.8. The predicted molar refractivity (Wildman–Crippen MR) is 109 cm³/mol. The number of nitrogens with zero attached hydrogens (tertiary/aromatic N) is 1. The van der Waals surface area contributed by atoms with Crippen LogP contribution < -0.4 is 9.47 Å². The number of ketones is 1. The van der Waals surface area contributed by atoms with Gasteiger partial charge in [0.25, 0.3) is 0 Å². The summed E-state index contributed by atoms with van der Waals surface area (Å²) < 4.78 is 12.2. The minimum atomic E-state index is -0.322. The molecule has 0 N–H and O–H groups in total. The van der Waals surface area contributed by atoms with Gasteiger partial charge in [-0.05, 0) is 68.7 Å².